The van der Waals surface area contributed by atoms with Gasteiger partial charge in [0.2, 0.25) is 5.91 Å². The van der Waals surface area contributed by atoms with Crippen molar-refractivity contribution in [2.24, 2.45) is 5.73 Å². The largest absolute Gasteiger partial charge is 0.497 e. The molecule has 0 radical (unpaired) electrons. The number of halogens is 1. The molecule has 0 spiro atoms. The number of ether oxygens (including phenoxy) is 1. The summed E-state index contributed by atoms with van der Waals surface area (Å²) in [5.41, 5.74) is 9.74. The highest BCUT2D eigenvalue weighted by Gasteiger charge is 2.32. The van der Waals surface area contributed by atoms with Gasteiger partial charge in [-0.05, 0) is 84.8 Å². The van der Waals surface area contributed by atoms with Gasteiger partial charge in [-0.15, -0.1) is 0 Å². The molecular formula is C33H42ClN3O4. The van der Waals surface area contributed by atoms with E-state index in [-0.39, 0.29) is 18.0 Å². The van der Waals surface area contributed by atoms with Crippen LogP contribution in [0.4, 0.5) is 0 Å². The van der Waals surface area contributed by atoms with Crippen LogP contribution in [0, 0.1) is 6.92 Å². The van der Waals surface area contributed by atoms with Gasteiger partial charge in [-0.25, -0.2) is 0 Å². The van der Waals surface area contributed by atoms with Gasteiger partial charge in [0.05, 0.1) is 13.2 Å². The van der Waals surface area contributed by atoms with Crippen molar-refractivity contribution < 1.29 is 19.4 Å². The first-order valence-electron chi connectivity index (χ1n) is 14.2. The van der Waals surface area contributed by atoms with E-state index in [0.717, 1.165) is 35.3 Å². The smallest absolute Gasteiger partial charge is 0.254 e. The van der Waals surface area contributed by atoms with Crippen LogP contribution in [-0.4, -0.2) is 54.7 Å². The van der Waals surface area contributed by atoms with Gasteiger partial charge in [0, 0.05) is 48.2 Å². The molecule has 0 saturated heterocycles. The minimum Gasteiger partial charge on any atom is -0.497 e. The van der Waals surface area contributed by atoms with Crippen LogP contribution in [0.1, 0.15) is 75.6 Å². The van der Waals surface area contributed by atoms with Crippen molar-refractivity contribution in [3.8, 4) is 5.75 Å². The lowest BCUT2D eigenvalue weighted by Gasteiger charge is -2.30. The maximum absolute atomic E-state index is 14.0. The molecule has 4 N–H and O–H groups in total. The maximum atomic E-state index is 14.0. The summed E-state index contributed by atoms with van der Waals surface area (Å²) in [6.45, 7) is 7.83. The van der Waals surface area contributed by atoms with E-state index in [1.807, 2.05) is 68.1 Å². The van der Waals surface area contributed by atoms with E-state index >= 15 is 0 Å². The van der Waals surface area contributed by atoms with Crippen LogP contribution in [0.25, 0.3) is 0 Å². The fourth-order valence-corrected chi connectivity index (χ4v) is 5.32. The van der Waals surface area contributed by atoms with E-state index in [4.69, 9.17) is 22.1 Å². The van der Waals surface area contributed by atoms with Gasteiger partial charge in [0.25, 0.3) is 5.91 Å². The number of carbonyl (C=O) groups excluding carboxylic acids is 2. The summed E-state index contributed by atoms with van der Waals surface area (Å²) in [4.78, 5) is 28.6. The zero-order valence-electron chi connectivity index (χ0n) is 24.5. The molecule has 7 nitrogen and oxygen atoms in total. The third kappa shape index (κ3) is 8.80. The average molecular weight is 580 g/mol. The zero-order chi connectivity index (χ0) is 29.9. The number of benzene rings is 3. The summed E-state index contributed by atoms with van der Waals surface area (Å²) in [6, 6.07) is 18.6. The first-order valence-corrected chi connectivity index (χ1v) is 14.6. The van der Waals surface area contributed by atoms with E-state index in [9.17, 15) is 14.7 Å². The number of amides is 2. The van der Waals surface area contributed by atoms with E-state index in [1.165, 1.54) is 0 Å². The molecule has 0 aliphatic rings. The van der Waals surface area contributed by atoms with E-state index in [0.29, 0.717) is 42.2 Å². The van der Waals surface area contributed by atoms with Crippen LogP contribution in [0.3, 0.4) is 0 Å². The summed E-state index contributed by atoms with van der Waals surface area (Å²) < 4.78 is 5.32. The highest BCUT2D eigenvalue weighted by Crippen LogP contribution is 2.33. The zero-order valence-corrected chi connectivity index (χ0v) is 25.2. The number of carbonyl (C=O) groups is 2. The molecule has 0 heterocycles. The normalized spacial score (nSPS) is 12.5. The predicted octanol–water partition coefficient (Wildman–Crippen LogP) is 5.50. The Balaban J connectivity index is 2.06. The molecule has 3 aromatic carbocycles. The minimum atomic E-state index is -0.936. The van der Waals surface area contributed by atoms with Crippen LogP contribution in [0.15, 0.2) is 60.7 Å². The molecule has 0 unspecified atom stereocenters. The quantitative estimate of drug-likeness (QED) is 0.221. The monoisotopic (exact) mass is 579 g/mol. The summed E-state index contributed by atoms with van der Waals surface area (Å²) >= 11 is 6.14. The lowest BCUT2D eigenvalue weighted by atomic mass is 9.80. The number of aliphatic hydroxyl groups is 1. The van der Waals surface area contributed by atoms with Crippen LogP contribution in [0.5, 0.6) is 5.75 Å². The molecule has 0 aromatic heterocycles. The molecule has 3 rings (SSSR count). The van der Waals surface area contributed by atoms with Gasteiger partial charge in [-0.3, -0.25) is 9.59 Å². The summed E-state index contributed by atoms with van der Waals surface area (Å²) in [5, 5.41) is 15.6. The number of primary amides is 1. The average Bonchev–Trinajstić information content (AvgIpc) is 2.96. The Kier molecular flexibility index (Phi) is 12.2. The Morgan fingerprint density at radius 2 is 1.66 bits per heavy atom. The highest BCUT2D eigenvalue weighted by molar-refractivity contribution is 6.30. The van der Waals surface area contributed by atoms with Crippen molar-refractivity contribution in [3.63, 3.8) is 0 Å². The number of nitrogens with zero attached hydrogens (tertiary/aromatic N) is 1. The number of nitrogens with one attached hydrogen (secondary N) is 1. The highest BCUT2D eigenvalue weighted by atomic mass is 35.5. The van der Waals surface area contributed by atoms with Crippen LogP contribution >= 0.6 is 11.6 Å². The molecule has 0 aliphatic carbocycles. The predicted molar refractivity (Wildman–Crippen MR) is 165 cm³/mol. The Labute approximate surface area is 248 Å². The van der Waals surface area contributed by atoms with Crippen molar-refractivity contribution in [3.05, 3.63) is 99.1 Å². The number of aliphatic hydroxyl groups excluding tert-OH is 1. The fourth-order valence-electron chi connectivity index (χ4n) is 5.20. The van der Waals surface area contributed by atoms with Gasteiger partial charge in [-0.2, -0.15) is 0 Å². The Bertz CT molecular complexity index is 1310. The number of hydrogen-bond acceptors (Lipinski definition) is 5. The molecule has 2 amide bonds. The van der Waals surface area contributed by atoms with Crippen LogP contribution in [-0.2, 0) is 13.0 Å². The fraction of sp³-hybridized carbons (Fsp3) is 0.394. The van der Waals surface area contributed by atoms with Crippen LogP contribution < -0.4 is 15.8 Å². The first-order chi connectivity index (χ1) is 19.7. The molecule has 0 aliphatic heterocycles. The van der Waals surface area contributed by atoms with Crippen molar-refractivity contribution in [1.29, 1.82) is 0 Å². The van der Waals surface area contributed by atoms with E-state index in [2.05, 4.69) is 5.32 Å². The number of hydrogen-bond donors (Lipinski definition) is 3. The second-order valence-corrected chi connectivity index (χ2v) is 10.9. The molecule has 0 saturated carbocycles. The Morgan fingerprint density at radius 3 is 2.27 bits per heavy atom. The Morgan fingerprint density at radius 1 is 1.00 bits per heavy atom. The molecule has 220 valence electrons. The van der Waals surface area contributed by atoms with E-state index < -0.39 is 17.9 Å². The second-order valence-electron chi connectivity index (χ2n) is 10.4. The van der Waals surface area contributed by atoms with Crippen LogP contribution in [0.2, 0.25) is 5.02 Å². The van der Waals surface area contributed by atoms with Crippen molar-refractivity contribution in [1.82, 2.24) is 10.2 Å². The Hall–Kier alpha value is -3.39. The van der Waals surface area contributed by atoms with Crippen molar-refractivity contribution in [2.75, 3.05) is 26.7 Å². The molecule has 0 bridgehead atoms. The van der Waals surface area contributed by atoms with Gasteiger partial charge >= 0.3 is 0 Å². The van der Waals surface area contributed by atoms with Gasteiger partial charge < -0.3 is 25.8 Å². The number of aryl methyl sites for hydroxylation is 1. The van der Waals surface area contributed by atoms with Gasteiger partial charge in [0.15, 0.2) is 0 Å². The molecule has 3 aromatic rings. The summed E-state index contributed by atoms with van der Waals surface area (Å²) in [7, 11) is 1.62. The topological polar surface area (TPSA) is 105 Å². The van der Waals surface area contributed by atoms with Crippen molar-refractivity contribution in [2.45, 2.75) is 58.6 Å². The second kappa shape index (κ2) is 15.6. The molecule has 0 fully saturated rings. The number of nitrogens with two attached hydrogens (primary N) is 1. The summed E-state index contributed by atoms with van der Waals surface area (Å²) in [5.74, 6) is -0.635. The van der Waals surface area contributed by atoms with Gasteiger partial charge in [0.1, 0.15) is 5.75 Å². The molecule has 8 heteroatoms. The maximum Gasteiger partial charge on any atom is 0.254 e. The molecular weight excluding hydrogens is 538 g/mol. The first kappa shape index (κ1) is 32.1. The van der Waals surface area contributed by atoms with Crippen molar-refractivity contribution >= 4 is 23.4 Å². The number of rotatable bonds is 15. The molecule has 2 atom stereocenters. The number of methoxy groups -OCH3 is 1. The minimum absolute atomic E-state index is 0.160. The SMILES string of the molecule is CCCN(CCC)C(=O)c1cc(C)cc(C(N)=O)c1[C@H](Cc1ccc(Cl)cc1)[C@@H](O)CNCc1cccc(OC)c1. The standard InChI is InChI=1S/C33H42ClN3O4/c1-5-14-37(15-6-2)33(40)29-17-22(3)16-28(32(35)39)31(29)27(19-23-10-12-25(34)13-11-23)30(38)21-36-20-24-8-7-9-26(18-24)41-4/h7-13,16-18,27,30,36,38H,5-6,14-15,19-21H2,1-4H3,(H2,35,39)/t27-,30+/m1/s1. The van der Waals surface area contributed by atoms with Gasteiger partial charge in [-0.1, -0.05) is 49.7 Å². The lowest BCUT2D eigenvalue weighted by molar-refractivity contribution is 0.0751. The molecule has 41 heavy (non-hydrogen) atoms. The van der Waals surface area contributed by atoms with E-state index in [1.54, 1.807) is 25.3 Å². The lowest BCUT2D eigenvalue weighted by Crippen LogP contribution is -2.37. The third-order valence-corrected chi connectivity index (χ3v) is 7.37. The third-order valence-electron chi connectivity index (χ3n) is 7.12. The summed E-state index contributed by atoms with van der Waals surface area (Å²) in [6.07, 6.45) is 1.06.